The Labute approximate surface area is 151 Å². The van der Waals surface area contributed by atoms with Crippen molar-refractivity contribution < 1.29 is 14.3 Å². The Kier molecular flexibility index (Phi) is 7.03. The molecule has 1 aromatic carbocycles. The highest BCUT2D eigenvalue weighted by Gasteiger charge is 2.31. The van der Waals surface area contributed by atoms with Gasteiger partial charge in [-0.1, -0.05) is 25.8 Å². The minimum absolute atomic E-state index is 0.0335. The summed E-state index contributed by atoms with van der Waals surface area (Å²) in [5.41, 5.74) is 3.01. The largest absolute Gasteiger partial charge is 0.466 e. The molecule has 1 aliphatic rings. The lowest BCUT2D eigenvalue weighted by Crippen LogP contribution is -2.46. The van der Waals surface area contributed by atoms with Crippen LogP contribution in [0.3, 0.4) is 0 Å². The summed E-state index contributed by atoms with van der Waals surface area (Å²) in [6.07, 6.45) is 4.78. The number of carbonyl (C=O) groups is 2. The molecule has 0 heterocycles. The first-order chi connectivity index (χ1) is 11.9. The fourth-order valence-electron chi connectivity index (χ4n) is 3.66. The molecule has 2 atom stereocenters. The molecule has 2 unspecified atom stereocenters. The minimum atomic E-state index is -0.233. The summed E-state index contributed by atoms with van der Waals surface area (Å²) < 4.78 is 5.05. The number of aryl methyl sites for hydroxylation is 2. The lowest BCUT2D eigenvalue weighted by molar-refractivity contribution is -0.143. The van der Waals surface area contributed by atoms with Crippen LogP contribution in [0.1, 0.15) is 67.4 Å². The third kappa shape index (κ3) is 5.07. The molecule has 1 saturated carbocycles. The molecule has 0 aromatic heterocycles. The number of carbonyl (C=O) groups excluding carboxylic acids is 2. The molecular weight excluding hydrogens is 314 g/mol. The predicted octanol–water partition coefficient (Wildman–Crippen LogP) is 4.28. The number of benzene rings is 1. The Morgan fingerprint density at radius 1 is 1.16 bits per heavy atom. The van der Waals surface area contributed by atoms with E-state index in [9.17, 15) is 9.59 Å². The zero-order valence-electron chi connectivity index (χ0n) is 16.0. The van der Waals surface area contributed by atoms with Crippen LogP contribution in [0.2, 0.25) is 0 Å². The van der Waals surface area contributed by atoms with Gasteiger partial charge in [0.05, 0.1) is 13.0 Å². The molecule has 0 saturated heterocycles. The van der Waals surface area contributed by atoms with Crippen molar-refractivity contribution in [2.75, 3.05) is 13.2 Å². The zero-order valence-corrected chi connectivity index (χ0v) is 16.0. The van der Waals surface area contributed by atoms with Gasteiger partial charge in [-0.2, -0.15) is 0 Å². The average molecular weight is 345 g/mol. The third-order valence-corrected chi connectivity index (χ3v) is 5.34. The first-order valence-electron chi connectivity index (χ1n) is 9.47. The van der Waals surface area contributed by atoms with Crippen LogP contribution >= 0.6 is 0 Å². The Morgan fingerprint density at radius 3 is 2.52 bits per heavy atom. The summed E-state index contributed by atoms with van der Waals surface area (Å²) in [6, 6.07) is 6.06. The lowest BCUT2D eigenvalue weighted by Gasteiger charge is -2.38. The summed E-state index contributed by atoms with van der Waals surface area (Å²) in [7, 11) is 0. The zero-order chi connectivity index (χ0) is 18.4. The van der Waals surface area contributed by atoms with E-state index in [0.29, 0.717) is 24.6 Å². The fraction of sp³-hybridized carbons (Fsp3) is 0.619. The Hall–Kier alpha value is -1.84. The molecule has 1 aliphatic carbocycles. The van der Waals surface area contributed by atoms with Crippen LogP contribution in [0.4, 0.5) is 0 Å². The molecule has 0 spiro atoms. The van der Waals surface area contributed by atoms with E-state index >= 15 is 0 Å². The Morgan fingerprint density at radius 2 is 1.88 bits per heavy atom. The molecule has 25 heavy (non-hydrogen) atoms. The highest BCUT2D eigenvalue weighted by Crippen LogP contribution is 2.29. The van der Waals surface area contributed by atoms with Gasteiger partial charge in [0.1, 0.15) is 0 Å². The van der Waals surface area contributed by atoms with E-state index in [4.69, 9.17) is 4.74 Å². The monoisotopic (exact) mass is 345 g/mol. The fourth-order valence-corrected chi connectivity index (χ4v) is 3.66. The molecule has 1 amide bonds. The second kappa shape index (κ2) is 9.02. The number of nitrogens with zero attached hydrogens (tertiary/aromatic N) is 1. The highest BCUT2D eigenvalue weighted by molar-refractivity contribution is 5.95. The van der Waals surface area contributed by atoms with Gasteiger partial charge in [0.15, 0.2) is 0 Å². The van der Waals surface area contributed by atoms with Gasteiger partial charge in [-0.25, -0.2) is 0 Å². The van der Waals surface area contributed by atoms with Gasteiger partial charge in [-0.05, 0) is 62.8 Å². The maximum absolute atomic E-state index is 13.2. The van der Waals surface area contributed by atoms with Crippen molar-refractivity contribution in [3.8, 4) is 0 Å². The van der Waals surface area contributed by atoms with Crippen LogP contribution in [0.25, 0.3) is 0 Å². The molecule has 1 fully saturated rings. The minimum Gasteiger partial charge on any atom is -0.466 e. The number of rotatable bonds is 6. The first kappa shape index (κ1) is 19.5. The standard InChI is InChI=1S/C21H31NO3/c1-5-25-20(23)12-13-22(19-9-7-6-8-16(19)3)21(24)18-11-10-15(2)17(4)14-18/h10-11,14,16,19H,5-9,12-13H2,1-4H3. The van der Waals surface area contributed by atoms with Gasteiger partial charge >= 0.3 is 5.97 Å². The second-order valence-electron chi connectivity index (χ2n) is 7.18. The molecule has 138 valence electrons. The van der Waals surface area contributed by atoms with Gasteiger partial charge in [-0.15, -0.1) is 0 Å². The smallest absolute Gasteiger partial charge is 0.307 e. The van der Waals surface area contributed by atoms with E-state index in [2.05, 4.69) is 6.92 Å². The molecular formula is C21H31NO3. The second-order valence-corrected chi connectivity index (χ2v) is 7.18. The van der Waals surface area contributed by atoms with Crippen LogP contribution in [0.5, 0.6) is 0 Å². The number of esters is 1. The van der Waals surface area contributed by atoms with Gasteiger partial charge < -0.3 is 9.64 Å². The van der Waals surface area contributed by atoms with Crippen molar-refractivity contribution in [1.82, 2.24) is 4.90 Å². The maximum atomic E-state index is 13.2. The van der Waals surface area contributed by atoms with E-state index in [1.54, 1.807) is 6.92 Å². The quantitative estimate of drug-likeness (QED) is 0.723. The number of amides is 1. The summed E-state index contributed by atoms with van der Waals surface area (Å²) in [5, 5.41) is 0. The van der Waals surface area contributed by atoms with Gasteiger partial charge in [0.25, 0.3) is 5.91 Å². The van der Waals surface area contributed by atoms with Crippen molar-refractivity contribution >= 4 is 11.9 Å². The van der Waals surface area contributed by atoms with Crippen LogP contribution in [-0.2, 0) is 9.53 Å². The van der Waals surface area contributed by atoms with Crippen molar-refractivity contribution in [2.45, 2.75) is 65.8 Å². The van der Waals surface area contributed by atoms with Crippen LogP contribution in [0, 0.1) is 19.8 Å². The molecule has 1 aromatic rings. The number of ether oxygens (including phenoxy) is 1. The van der Waals surface area contributed by atoms with E-state index in [1.165, 1.54) is 12.0 Å². The summed E-state index contributed by atoms with van der Waals surface area (Å²) in [4.78, 5) is 26.9. The van der Waals surface area contributed by atoms with Gasteiger partial charge in [0.2, 0.25) is 0 Å². The summed E-state index contributed by atoms with van der Waals surface area (Å²) in [5.74, 6) is 0.265. The molecule has 4 nitrogen and oxygen atoms in total. The highest BCUT2D eigenvalue weighted by atomic mass is 16.5. The van der Waals surface area contributed by atoms with Gasteiger partial charge in [0, 0.05) is 18.2 Å². The van der Waals surface area contributed by atoms with E-state index < -0.39 is 0 Å². The molecule has 2 rings (SSSR count). The third-order valence-electron chi connectivity index (χ3n) is 5.34. The summed E-state index contributed by atoms with van der Waals surface area (Å²) in [6.45, 7) is 8.90. The lowest BCUT2D eigenvalue weighted by atomic mass is 9.84. The predicted molar refractivity (Wildman–Crippen MR) is 99.6 cm³/mol. The van der Waals surface area contributed by atoms with E-state index in [-0.39, 0.29) is 24.3 Å². The first-order valence-corrected chi connectivity index (χ1v) is 9.47. The SMILES string of the molecule is CCOC(=O)CCN(C(=O)c1ccc(C)c(C)c1)C1CCCCC1C. The van der Waals surface area contributed by atoms with E-state index in [1.807, 2.05) is 36.9 Å². The molecule has 4 heteroatoms. The maximum Gasteiger partial charge on any atom is 0.307 e. The summed E-state index contributed by atoms with van der Waals surface area (Å²) >= 11 is 0. The van der Waals surface area contributed by atoms with Crippen molar-refractivity contribution in [1.29, 1.82) is 0 Å². The van der Waals surface area contributed by atoms with Crippen molar-refractivity contribution in [2.24, 2.45) is 5.92 Å². The van der Waals surface area contributed by atoms with Crippen molar-refractivity contribution in [3.63, 3.8) is 0 Å². The van der Waals surface area contributed by atoms with Crippen LogP contribution in [-0.4, -0.2) is 36.0 Å². The molecule has 0 bridgehead atoms. The molecule has 0 radical (unpaired) electrons. The Bertz CT molecular complexity index is 611. The van der Waals surface area contributed by atoms with Crippen LogP contribution < -0.4 is 0 Å². The normalized spacial score (nSPS) is 20.2. The van der Waals surface area contributed by atoms with Crippen molar-refractivity contribution in [3.05, 3.63) is 34.9 Å². The topological polar surface area (TPSA) is 46.6 Å². The van der Waals surface area contributed by atoms with E-state index in [0.717, 1.165) is 24.8 Å². The Balaban J connectivity index is 2.20. The molecule has 0 N–H and O–H groups in total. The van der Waals surface area contributed by atoms with Gasteiger partial charge in [-0.3, -0.25) is 9.59 Å². The molecule has 0 aliphatic heterocycles. The number of hydrogen-bond donors (Lipinski definition) is 0. The average Bonchev–Trinajstić information content (AvgIpc) is 2.59. The van der Waals surface area contributed by atoms with Crippen LogP contribution in [0.15, 0.2) is 18.2 Å². The number of hydrogen-bond acceptors (Lipinski definition) is 3.